The lowest BCUT2D eigenvalue weighted by Gasteiger charge is -2.02. The summed E-state index contributed by atoms with van der Waals surface area (Å²) in [5.74, 6) is 0.187. The van der Waals surface area contributed by atoms with Crippen LogP contribution in [0.15, 0.2) is 34.9 Å². The van der Waals surface area contributed by atoms with E-state index in [-0.39, 0.29) is 0 Å². The summed E-state index contributed by atoms with van der Waals surface area (Å²) in [5.41, 5.74) is 1.56. The predicted octanol–water partition coefficient (Wildman–Crippen LogP) is 3.70. The molecule has 1 atom stereocenters. The summed E-state index contributed by atoms with van der Waals surface area (Å²) >= 11 is 7.11. The Labute approximate surface area is 119 Å². The Balaban J connectivity index is 2.03. The van der Waals surface area contributed by atoms with Gasteiger partial charge in [0.25, 0.3) is 0 Å². The van der Waals surface area contributed by atoms with Gasteiger partial charge in [-0.25, -0.2) is 4.98 Å². The summed E-state index contributed by atoms with van der Waals surface area (Å²) in [4.78, 5) is 15.0. The van der Waals surface area contributed by atoms with E-state index in [4.69, 9.17) is 21.1 Å². The van der Waals surface area contributed by atoms with Crippen molar-refractivity contribution in [1.29, 1.82) is 0 Å². The molecule has 2 rings (SSSR count). The van der Waals surface area contributed by atoms with Gasteiger partial charge in [0, 0.05) is 16.3 Å². The Morgan fingerprint density at radius 3 is 2.79 bits per heavy atom. The second-order valence-corrected chi connectivity index (χ2v) is 5.71. The normalized spacial score (nSPS) is 12.3. The predicted molar refractivity (Wildman–Crippen MR) is 75.3 cm³/mol. The molecule has 0 radical (unpaired) electrons. The highest BCUT2D eigenvalue weighted by atomic mass is 35.5. The maximum atomic E-state index is 10.7. The largest absolute Gasteiger partial charge is 0.480 e. The van der Waals surface area contributed by atoms with Crippen LogP contribution < -0.4 is 0 Å². The Hall–Kier alpha value is -1.46. The van der Waals surface area contributed by atoms with Gasteiger partial charge in [-0.15, -0.1) is 11.8 Å². The van der Waals surface area contributed by atoms with Gasteiger partial charge in [0.1, 0.15) is 6.26 Å². The number of benzene rings is 1. The molecule has 1 N–H and O–H groups in total. The van der Waals surface area contributed by atoms with E-state index in [0.29, 0.717) is 16.7 Å². The molecule has 0 aliphatic heterocycles. The van der Waals surface area contributed by atoms with Crippen LogP contribution in [-0.2, 0) is 10.5 Å². The van der Waals surface area contributed by atoms with Crippen molar-refractivity contribution in [3.8, 4) is 11.5 Å². The van der Waals surface area contributed by atoms with Crippen molar-refractivity contribution in [2.45, 2.75) is 17.9 Å². The molecule has 6 heteroatoms. The number of hydrogen-bond acceptors (Lipinski definition) is 4. The summed E-state index contributed by atoms with van der Waals surface area (Å²) in [5, 5.41) is 8.98. The molecule has 1 aromatic heterocycles. The molecule has 0 bridgehead atoms. The highest BCUT2D eigenvalue weighted by molar-refractivity contribution is 7.99. The van der Waals surface area contributed by atoms with Gasteiger partial charge in [-0.1, -0.05) is 11.6 Å². The van der Waals surface area contributed by atoms with E-state index in [2.05, 4.69) is 4.98 Å². The first-order valence-electron chi connectivity index (χ1n) is 5.61. The Morgan fingerprint density at radius 2 is 2.16 bits per heavy atom. The van der Waals surface area contributed by atoms with Crippen molar-refractivity contribution in [2.75, 3.05) is 0 Å². The molecule has 0 saturated carbocycles. The fourth-order valence-corrected chi connectivity index (χ4v) is 2.20. The van der Waals surface area contributed by atoms with E-state index >= 15 is 0 Å². The van der Waals surface area contributed by atoms with Crippen molar-refractivity contribution in [1.82, 2.24) is 4.98 Å². The van der Waals surface area contributed by atoms with Crippen molar-refractivity contribution >= 4 is 29.3 Å². The minimum absolute atomic E-state index is 0.462. The molecule has 0 saturated heterocycles. The van der Waals surface area contributed by atoms with E-state index in [1.807, 2.05) is 12.1 Å². The minimum atomic E-state index is -0.827. The summed E-state index contributed by atoms with van der Waals surface area (Å²) in [7, 11) is 0. The third-order valence-electron chi connectivity index (χ3n) is 2.47. The number of oxazole rings is 1. The standard InChI is InChI=1S/C13H12ClNO3S/c1-8(13(16)17)19-7-11-6-18-12(15-11)9-2-4-10(14)5-3-9/h2-6,8H,7H2,1H3,(H,16,17). The van der Waals surface area contributed by atoms with E-state index in [1.54, 1.807) is 25.3 Å². The summed E-state index contributed by atoms with van der Waals surface area (Å²) < 4.78 is 5.37. The molecule has 0 spiro atoms. The zero-order valence-corrected chi connectivity index (χ0v) is 11.7. The van der Waals surface area contributed by atoms with Crippen LogP contribution in [0, 0.1) is 0 Å². The third-order valence-corrected chi connectivity index (χ3v) is 3.89. The van der Waals surface area contributed by atoms with Crippen molar-refractivity contribution < 1.29 is 14.3 Å². The third kappa shape index (κ3) is 3.75. The van der Waals surface area contributed by atoms with Crippen molar-refractivity contribution in [3.05, 3.63) is 41.2 Å². The molecule has 0 fully saturated rings. The van der Waals surface area contributed by atoms with E-state index < -0.39 is 11.2 Å². The zero-order chi connectivity index (χ0) is 13.8. The average Bonchev–Trinajstić information content (AvgIpc) is 2.85. The van der Waals surface area contributed by atoms with Crippen LogP contribution in [-0.4, -0.2) is 21.3 Å². The molecular formula is C13H12ClNO3S. The first-order chi connectivity index (χ1) is 9.06. The number of carbonyl (C=O) groups is 1. The fraction of sp³-hybridized carbons (Fsp3) is 0.231. The number of nitrogens with zero attached hydrogens (tertiary/aromatic N) is 1. The first kappa shape index (κ1) is 14.0. The second-order valence-electron chi connectivity index (χ2n) is 3.94. The quantitative estimate of drug-likeness (QED) is 0.911. The molecule has 0 amide bonds. The van der Waals surface area contributed by atoms with E-state index in [1.165, 1.54) is 11.8 Å². The van der Waals surface area contributed by atoms with Gasteiger partial charge in [-0.2, -0.15) is 0 Å². The highest BCUT2D eigenvalue weighted by Crippen LogP contribution is 2.23. The number of aliphatic carboxylic acids is 1. The van der Waals surface area contributed by atoms with E-state index in [9.17, 15) is 4.79 Å². The number of carboxylic acids is 1. The molecule has 0 aliphatic carbocycles. The van der Waals surface area contributed by atoms with Crippen molar-refractivity contribution in [3.63, 3.8) is 0 Å². The van der Waals surface area contributed by atoms with Gasteiger partial charge in [0.2, 0.25) is 5.89 Å². The van der Waals surface area contributed by atoms with Gasteiger partial charge in [0.05, 0.1) is 10.9 Å². The lowest BCUT2D eigenvalue weighted by molar-refractivity contribution is -0.136. The number of carboxylic acid groups (broad SMARTS) is 1. The number of hydrogen-bond donors (Lipinski definition) is 1. The van der Waals surface area contributed by atoms with Gasteiger partial charge in [-0.05, 0) is 31.2 Å². The monoisotopic (exact) mass is 297 g/mol. The molecular weight excluding hydrogens is 286 g/mol. The number of rotatable bonds is 5. The van der Waals surface area contributed by atoms with Crippen LogP contribution >= 0.6 is 23.4 Å². The minimum Gasteiger partial charge on any atom is -0.480 e. The van der Waals surface area contributed by atoms with E-state index in [0.717, 1.165) is 11.3 Å². The Bertz CT molecular complexity index is 568. The highest BCUT2D eigenvalue weighted by Gasteiger charge is 2.13. The molecule has 19 heavy (non-hydrogen) atoms. The van der Waals surface area contributed by atoms with Crippen LogP contribution in [0.4, 0.5) is 0 Å². The van der Waals surface area contributed by atoms with Crippen LogP contribution in [0.1, 0.15) is 12.6 Å². The molecule has 0 aliphatic rings. The number of aromatic nitrogens is 1. The fourth-order valence-electron chi connectivity index (χ4n) is 1.38. The summed E-state index contributed by atoms with van der Waals surface area (Å²) in [6.45, 7) is 1.65. The lowest BCUT2D eigenvalue weighted by Crippen LogP contribution is -2.11. The van der Waals surface area contributed by atoms with Crippen LogP contribution in [0.25, 0.3) is 11.5 Å². The SMILES string of the molecule is CC(SCc1coc(-c2ccc(Cl)cc2)n1)C(=O)O. The Kier molecular flexibility index (Phi) is 4.50. The molecule has 1 unspecified atom stereocenters. The van der Waals surface area contributed by atoms with Crippen LogP contribution in [0.2, 0.25) is 5.02 Å². The zero-order valence-electron chi connectivity index (χ0n) is 10.2. The molecule has 2 aromatic rings. The summed E-state index contributed by atoms with van der Waals surface area (Å²) in [6.07, 6.45) is 1.55. The second kappa shape index (κ2) is 6.12. The van der Waals surface area contributed by atoms with Crippen molar-refractivity contribution in [2.24, 2.45) is 0 Å². The van der Waals surface area contributed by atoms with Gasteiger partial charge in [0.15, 0.2) is 0 Å². The van der Waals surface area contributed by atoms with Gasteiger partial charge in [-0.3, -0.25) is 4.79 Å². The van der Waals surface area contributed by atoms with Gasteiger partial charge >= 0.3 is 5.97 Å². The number of thioether (sulfide) groups is 1. The topological polar surface area (TPSA) is 63.3 Å². The van der Waals surface area contributed by atoms with Crippen LogP contribution in [0.3, 0.4) is 0 Å². The average molecular weight is 298 g/mol. The first-order valence-corrected chi connectivity index (χ1v) is 7.03. The smallest absolute Gasteiger partial charge is 0.316 e. The maximum Gasteiger partial charge on any atom is 0.316 e. The maximum absolute atomic E-state index is 10.7. The molecule has 4 nitrogen and oxygen atoms in total. The molecule has 100 valence electrons. The lowest BCUT2D eigenvalue weighted by atomic mass is 10.2. The summed E-state index contributed by atoms with van der Waals surface area (Å²) in [6, 6.07) is 7.18. The van der Waals surface area contributed by atoms with Gasteiger partial charge < -0.3 is 9.52 Å². The number of halogens is 1. The molecule has 1 heterocycles. The van der Waals surface area contributed by atoms with Crippen LogP contribution in [0.5, 0.6) is 0 Å². The molecule has 1 aromatic carbocycles. The Morgan fingerprint density at radius 1 is 1.47 bits per heavy atom.